The third-order valence-corrected chi connectivity index (χ3v) is 1.89. The Morgan fingerprint density at radius 3 is 2.75 bits per heavy atom. The molecule has 0 aliphatic rings. The fourth-order valence-electron chi connectivity index (χ4n) is 1.11. The number of aromatic amines is 1. The molecule has 1 aromatic heterocycles. The Balaban J connectivity index is 2.95. The zero-order valence-electron chi connectivity index (χ0n) is 7.19. The van der Waals surface area contributed by atoms with Crippen molar-refractivity contribution in [2.24, 2.45) is 5.92 Å². The summed E-state index contributed by atoms with van der Waals surface area (Å²) in [5, 5.41) is 14.9. The monoisotopic (exact) mass is 171 g/mol. The van der Waals surface area contributed by atoms with Gasteiger partial charge in [0.15, 0.2) is 0 Å². The molecular weight excluding hydrogens is 158 g/mol. The van der Waals surface area contributed by atoms with Crippen LogP contribution in [0.25, 0.3) is 0 Å². The van der Waals surface area contributed by atoms with Gasteiger partial charge in [-0.3, -0.25) is 4.57 Å². The number of rotatable bonds is 3. The van der Waals surface area contributed by atoms with Crippen molar-refractivity contribution in [3.8, 4) is 0 Å². The highest BCUT2D eigenvalue weighted by Gasteiger charge is 2.15. The molecule has 1 atom stereocenters. The summed E-state index contributed by atoms with van der Waals surface area (Å²) in [6.45, 7) is 3.84. The van der Waals surface area contributed by atoms with Crippen LogP contribution in [0.3, 0.4) is 0 Å². The van der Waals surface area contributed by atoms with Crippen LogP contribution in [0.4, 0.5) is 0 Å². The first-order valence-electron chi connectivity index (χ1n) is 3.89. The molecule has 0 amide bonds. The Morgan fingerprint density at radius 2 is 2.42 bits per heavy atom. The van der Waals surface area contributed by atoms with Gasteiger partial charge >= 0.3 is 5.69 Å². The number of aliphatic hydroxyl groups excluding tert-OH is 1. The van der Waals surface area contributed by atoms with E-state index in [0.29, 0.717) is 0 Å². The molecule has 0 radical (unpaired) electrons. The maximum atomic E-state index is 11.1. The van der Waals surface area contributed by atoms with E-state index >= 15 is 0 Å². The van der Waals surface area contributed by atoms with Crippen LogP contribution in [0.2, 0.25) is 0 Å². The van der Waals surface area contributed by atoms with Crippen LogP contribution >= 0.6 is 0 Å². The molecule has 0 fully saturated rings. The molecule has 0 aromatic carbocycles. The van der Waals surface area contributed by atoms with E-state index in [4.69, 9.17) is 5.11 Å². The molecule has 1 aromatic rings. The normalized spacial score (nSPS) is 13.7. The van der Waals surface area contributed by atoms with Crippen molar-refractivity contribution < 1.29 is 5.11 Å². The Kier molecular flexibility index (Phi) is 2.65. The average Bonchev–Trinajstić information content (AvgIpc) is 2.38. The molecule has 12 heavy (non-hydrogen) atoms. The van der Waals surface area contributed by atoms with Crippen LogP contribution in [0.15, 0.2) is 11.1 Å². The summed E-state index contributed by atoms with van der Waals surface area (Å²) in [5.41, 5.74) is -0.275. The third kappa shape index (κ3) is 1.55. The molecule has 0 saturated heterocycles. The summed E-state index contributed by atoms with van der Waals surface area (Å²) in [5.74, 6) is 0.213. The van der Waals surface area contributed by atoms with E-state index in [-0.39, 0.29) is 24.3 Å². The van der Waals surface area contributed by atoms with Crippen molar-refractivity contribution >= 4 is 0 Å². The van der Waals surface area contributed by atoms with Gasteiger partial charge in [-0.15, -0.1) is 0 Å². The second kappa shape index (κ2) is 3.53. The molecule has 68 valence electrons. The minimum Gasteiger partial charge on any atom is -0.394 e. The van der Waals surface area contributed by atoms with Crippen molar-refractivity contribution in [3.63, 3.8) is 0 Å². The molecule has 5 nitrogen and oxygen atoms in total. The minimum atomic E-state index is -0.275. The highest BCUT2D eigenvalue weighted by molar-refractivity contribution is 4.75. The van der Waals surface area contributed by atoms with Crippen molar-refractivity contribution in [2.75, 3.05) is 6.61 Å². The Labute approximate surface area is 70.0 Å². The molecule has 0 spiro atoms. The lowest BCUT2D eigenvalue weighted by molar-refractivity contribution is 0.190. The summed E-state index contributed by atoms with van der Waals surface area (Å²) in [7, 11) is 0. The van der Waals surface area contributed by atoms with Gasteiger partial charge in [-0.25, -0.2) is 9.89 Å². The van der Waals surface area contributed by atoms with Gasteiger partial charge in [0, 0.05) is 0 Å². The first-order chi connectivity index (χ1) is 5.66. The first-order valence-corrected chi connectivity index (χ1v) is 3.89. The van der Waals surface area contributed by atoms with Gasteiger partial charge in [-0.2, -0.15) is 5.10 Å². The largest absolute Gasteiger partial charge is 0.394 e. The summed E-state index contributed by atoms with van der Waals surface area (Å²) in [6.07, 6.45) is 1.41. The van der Waals surface area contributed by atoms with Gasteiger partial charge in [0.05, 0.1) is 12.6 Å². The number of aromatic nitrogens is 3. The van der Waals surface area contributed by atoms with E-state index in [9.17, 15) is 4.79 Å². The maximum Gasteiger partial charge on any atom is 0.343 e. The lowest BCUT2D eigenvalue weighted by atomic mass is 10.1. The first kappa shape index (κ1) is 8.99. The van der Waals surface area contributed by atoms with Gasteiger partial charge in [-0.1, -0.05) is 13.8 Å². The van der Waals surface area contributed by atoms with E-state index in [2.05, 4.69) is 10.2 Å². The van der Waals surface area contributed by atoms with Crippen molar-refractivity contribution in [3.05, 3.63) is 16.8 Å². The Bertz CT molecular complexity index is 289. The molecule has 5 heteroatoms. The smallest absolute Gasteiger partial charge is 0.343 e. The van der Waals surface area contributed by atoms with Crippen LogP contribution in [0.1, 0.15) is 19.9 Å². The maximum absolute atomic E-state index is 11.1. The lowest BCUT2D eigenvalue weighted by Gasteiger charge is -2.17. The highest BCUT2D eigenvalue weighted by Crippen LogP contribution is 2.13. The van der Waals surface area contributed by atoms with E-state index in [0.717, 1.165) is 0 Å². The molecule has 0 saturated carbocycles. The summed E-state index contributed by atoms with van der Waals surface area (Å²) < 4.78 is 1.41. The second-order valence-electron chi connectivity index (χ2n) is 3.06. The Morgan fingerprint density at radius 1 is 1.75 bits per heavy atom. The van der Waals surface area contributed by atoms with Gasteiger partial charge in [0.1, 0.15) is 6.33 Å². The van der Waals surface area contributed by atoms with Crippen molar-refractivity contribution in [2.45, 2.75) is 19.9 Å². The molecular formula is C7H13N3O2. The van der Waals surface area contributed by atoms with Crippen LogP contribution in [-0.2, 0) is 0 Å². The van der Waals surface area contributed by atoms with Crippen LogP contribution < -0.4 is 5.69 Å². The highest BCUT2D eigenvalue weighted by atomic mass is 16.3. The summed E-state index contributed by atoms with van der Waals surface area (Å²) >= 11 is 0. The fraction of sp³-hybridized carbons (Fsp3) is 0.714. The third-order valence-electron chi connectivity index (χ3n) is 1.89. The number of nitrogens with zero attached hydrogens (tertiary/aromatic N) is 2. The summed E-state index contributed by atoms with van der Waals surface area (Å²) in [6, 6.07) is -0.184. The molecule has 0 aliphatic carbocycles. The molecule has 0 aliphatic heterocycles. The predicted octanol–water partition coefficient (Wildman–Crippen LogP) is -0.239. The lowest BCUT2D eigenvalue weighted by Crippen LogP contribution is -2.27. The number of aliphatic hydroxyl groups is 1. The topological polar surface area (TPSA) is 70.9 Å². The van der Waals surface area contributed by atoms with Crippen molar-refractivity contribution in [1.29, 1.82) is 0 Å². The van der Waals surface area contributed by atoms with E-state index in [1.807, 2.05) is 13.8 Å². The Hall–Kier alpha value is -1.10. The van der Waals surface area contributed by atoms with Gasteiger partial charge in [0.25, 0.3) is 0 Å². The van der Waals surface area contributed by atoms with Crippen LogP contribution in [0.5, 0.6) is 0 Å². The second-order valence-corrected chi connectivity index (χ2v) is 3.06. The van der Waals surface area contributed by atoms with Gasteiger partial charge in [-0.05, 0) is 5.92 Å². The van der Waals surface area contributed by atoms with E-state index in [1.165, 1.54) is 10.9 Å². The van der Waals surface area contributed by atoms with Crippen LogP contribution in [-0.4, -0.2) is 26.5 Å². The number of hydrogen-bond donors (Lipinski definition) is 2. The average molecular weight is 171 g/mol. The standard InChI is InChI=1S/C7H13N3O2/c1-5(2)6(3-11)10-4-8-9-7(10)12/h4-6,11H,3H2,1-2H3,(H,9,12)/t6-/m0/s1. The summed E-state index contributed by atoms with van der Waals surface area (Å²) in [4.78, 5) is 11.1. The zero-order chi connectivity index (χ0) is 9.14. The number of hydrogen-bond acceptors (Lipinski definition) is 3. The van der Waals surface area contributed by atoms with E-state index < -0.39 is 0 Å². The van der Waals surface area contributed by atoms with Crippen molar-refractivity contribution in [1.82, 2.24) is 14.8 Å². The van der Waals surface area contributed by atoms with Gasteiger partial charge < -0.3 is 5.11 Å². The fourth-order valence-corrected chi connectivity index (χ4v) is 1.11. The molecule has 0 unspecified atom stereocenters. The van der Waals surface area contributed by atoms with Gasteiger partial charge in [0.2, 0.25) is 0 Å². The molecule has 1 heterocycles. The zero-order valence-corrected chi connectivity index (χ0v) is 7.19. The van der Waals surface area contributed by atoms with Crippen LogP contribution in [0, 0.1) is 5.92 Å². The number of nitrogens with one attached hydrogen (secondary N) is 1. The quantitative estimate of drug-likeness (QED) is 0.659. The molecule has 2 N–H and O–H groups in total. The number of H-pyrrole nitrogens is 1. The molecule has 0 bridgehead atoms. The van der Waals surface area contributed by atoms with E-state index in [1.54, 1.807) is 0 Å². The predicted molar refractivity (Wildman–Crippen MR) is 43.8 cm³/mol. The minimum absolute atomic E-state index is 0.0445. The molecule has 1 rings (SSSR count). The SMILES string of the molecule is CC(C)[C@H](CO)n1cn[nH]c1=O.